The van der Waals surface area contributed by atoms with Crippen LogP contribution in [-0.2, 0) is 16.0 Å². The molecule has 1 aromatic rings. The first kappa shape index (κ1) is 12.6. The van der Waals surface area contributed by atoms with E-state index in [0.717, 1.165) is 11.3 Å². The molecule has 1 aliphatic rings. The van der Waals surface area contributed by atoms with E-state index in [2.05, 4.69) is 0 Å². The first-order valence-corrected chi connectivity index (χ1v) is 5.91. The van der Waals surface area contributed by atoms with Crippen molar-refractivity contribution in [3.05, 3.63) is 29.8 Å². The van der Waals surface area contributed by atoms with Crippen LogP contribution in [0, 0.1) is 5.92 Å². The zero-order valence-electron chi connectivity index (χ0n) is 10.0. The first-order chi connectivity index (χ1) is 8.61. The summed E-state index contributed by atoms with van der Waals surface area (Å²) in [6, 6.07) is 7.41. The number of hydrogen-bond donors (Lipinski definition) is 2. The van der Waals surface area contributed by atoms with E-state index in [0.29, 0.717) is 13.0 Å². The van der Waals surface area contributed by atoms with Crippen LogP contribution in [0.1, 0.15) is 12.0 Å². The Hall–Kier alpha value is -1.88. The molecule has 1 atom stereocenters. The van der Waals surface area contributed by atoms with Crippen molar-refractivity contribution in [1.82, 2.24) is 0 Å². The Kier molecular flexibility index (Phi) is 3.62. The second-order valence-electron chi connectivity index (χ2n) is 4.45. The largest absolute Gasteiger partial charge is 0.396 e. The minimum absolute atomic E-state index is 0.0707. The van der Waals surface area contributed by atoms with Crippen LogP contribution in [0.15, 0.2) is 24.3 Å². The molecule has 0 saturated carbocycles. The monoisotopic (exact) mass is 248 g/mol. The summed E-state index contributed by atoms with van der Waals surface area (Å²) in [5.41, 5.74) is 6.95. The topological polar surface area (TPSA) is 83.6 Å². The number of nitrogens with zero attached hydrogens (tertiary/aromatic N) is 1. The quantitative estimate of drug-likeness (QED) is 0.790. The molecule has 0 aromatic heterocycles. The lowest BCUT2D eigenvalue weighted by Crippen LogP contribution is -2.28. The van der Waals surface area contributed by atoms with E-state index in [1.54, 1.807) is 4.90 Å². The first-order valence-electron chi connectivity index (χ1n) is 5.91. The number of primary amides is 1. The van der Waals surface area contributed by atoms with Gasteiger partial charge in [0.25, 0.3) is 0 Å². The van der Waals surface area contributed by atoms with E-state index in [-0.39, 0.29) is 18.9 Å². The van der Waals surface area contributed by atoms with Gasteiger partial charge in [0, 0.05) is 25.3 Å². The zero-order chi connectivity index (χ0) is 13.1. The number of hydrogen-bond acceptors (Lipinski definition) is 3. The standard InChI is InChI=1S/C13H16N2O3/c14-13(18)10-7-12(17)15(8-10)11-3-1-2-9(6-11)4-5-16/h1-3,6,10,16H,4-5,7-8H2,(H2,14,18). The van der Waals surface area contributed by atoms with Crippen molar-refractivity contribution in [3.63, 3.8) is 0 Å². The number of aliphatic hydroxyl groups excluding tert-OH is 1. The molecule has 1 fully saturated rings. The fourth-order valence-electron chi connectivity index (χ4n) is 2.16. The van der Waals surface area contributed by atoms with Crippen LogP contribution in [0.5, 0.6) is 0 Å². The third kappa shape index (κ3) is 2.51. The van der Waals surface area contributed by atoms with Crippen molar-refractivity contribution in [2.75, 3.05) is 18.1 Å². The highest BCUT2D eigenvalue weighted by Gasteiger charge is 2.33. The maximum absolute atomic E-state index is 11.8. The molecule has 1 aliphatic heterocycles. The molecule has 96 valence electrons. The van der Waals surface area contributed by atoms with Crippen molar-refractivity contribution in [2.45, 2.75) is 12.8 Å². The number of aliphatic hydroxyl groups is 1. The molecule has 18 heavy (non-hydrogen) atoms. The number of benzene rings is 1. The van der Waals surface area contributed by atoms with Crippen LogP contribution in [0.4, 0.5) is 5.69 Å². The number of carbonyl (C=O) groups excluding carboxylic acids is 2. The van der Waals surface area contributed by atoms with Gasteiger partial charge < -0.3 is 15.7 Å². The van der Waals surface area contributed by atoms with Gasteiger partial charge in [-0.2, -0.15) is 0 Å². The average molecular weight is 248 g/mol. The highest BCUT2D eigenvalue weighted by atomic mass is 16.3. The highest BCUT2D eigenvalue weighted by Crippen LogP contribution is 2.25. The van der Waals surface area contributed by atoms with Crippen molar-refractivity contribution in [3.8, 4) is 0 Å². The summed E-state index contributed by atoms with van der Waals surface area (Å²) in [4.78, 5) is 24.5. The van der Waals surface area contributed by atoms with Gasteiger partial charge in [0.15, 0.2) is 0 Å². The Morgan fingerprint density at radius 2 is 2.28 bits per heavy atom. The second kappa shape index (κ2) is 5.18. The van der Waals surface area contributed by atoms with Gasteiger partial charge in [-0.25, -0.2) is 0 Å². The molecule has 0 spiro atoms. The number of amides is 2. The predicted molar refractivity (Wildman–Crippen MR) is 66.9 cm³/mol. The lowest BCUT2D eigenvalue weighted by molar-refractivity contribution is -0.123. The summed E-state index contributed by atoms with van der Waals surface area (Å²) in [5, 5.41) is 8.90. The lowest BCUT2D eigenvalue weighted by Gasteiger charge is -2.17. The van der Waals surface area contributed by atoms with Gasteiger partial charge >= 0.3 is 0 Å². The molecule has 1 unspecified atom stereocenters. The Labute approximate surface area is 105 Å². The molecule has 5 heteroatoms. The fourth-order valence-corrected chi connectivity index (χ4v) is 2.16. The highest BCUT2D eigenvalue weighted by molar-refractivity contribution is 6.00. The minimum Gasteiger partial charge on any atom is -0.396 e. The number of carbonyl (C=O) groups is 2. The van der Waals surface area contributed by atoms with Gasteiger partial charge in [0.2, 0.25) is 11.8 Å². The van der Waals surface area contributed by atoms with Crippen molar-refractivity contribution >= 4 is 17.5 Å². The van der Waals surface area contributed by atoms with Crippen molar-refractivity contribution in [2.24, 2.45) is 11.7 Å². The van der Waals surface area contributed by atoms with Gasteiger partial charge in [-0.05, 0) is 24.1 Å². The number of nitrogens with two attached hydrogens (primary N) is 1. The van der Waals surface area contributed by atoms with Gasteiger partial charge in [-0.1, -0.05) is 12.1 Å². The maximum atomic E-state index is 11.8. The molecule has 0 bridgehead atoms. The van der Waals surface area contributed by atoms with Gasteiger partial charge in [0.1, 0.15) is 0 Å². The second-order valence-corrected chi connectivity index (χ2v) is 4.45. The third-order valence-electron chi connectivity index (χ3n) is 3.15. The zero-order valence-corrected chi connectivity index (χ0v) is 10.0. The Balaban J connectivity index is 2.19. The number of rotatable bonds is 4. The van der Waals surface area contributed by atoms with Crippen LogP contribution in [0.25, 0.3) is 0 Å². The molecule has 2 amide bonds. The summed E-state index contributed by atoms with van der Waals surface area (Å²) >= 11 is 0. The Morgan fingerprint density at radius 1 is 1.50 bits per heavy atom. The Morgan fingerprint density at radius 3 is 2.89 bits per heavy atom. The van der Waals surface area contributed by atoms with Crippen LogP contribution < -0.4 is 10.6 Å². The predicted octanol–water partition coefficient (Wildman–Crippen LogP) is 0.0596. The summed E-state index contributed by atoms with van der Waals surface area (Å²) in [6.45, 7) is 0.415. The number of anilines is 1. The molecule has 5 nitrogen and oxygen atoms in total. The van der Waals surface area contributed by atoms with E-state index in [1.807, 2.05) is 24.3 Å². The summed E-state index contributed by atoms with van der Waals surface area (Å²) in [5.74, 6) is -0.920. The molecule has 3 N–H and O–H groups in total. The third-order valence-corrected chi connectivity index (χ3v) is 3.15. The molecule has 1 aromatic carbocycles. The molecule has 0 radical (unpaired) electrons. The molecule has 2 rings (SSSR count). The van der Waals surface area contributed by atoms with E-state index in [4.69, 9.17) is 10.8 Å². The van der Waals surface area contributed by atoms with E-state index < -0.39 is 11.8 Å². The van der Waals surface area contributed by atoms with Gasteiger partial charge in [0.05, 0.1) is 5.92 Å². The van der Waals surface area contributed by atoms with Crippen molar-refractivity contribution in [1.29, 1.82) is 0 Å². The van der Waals surface area contributed by atoms with Gasteiger partial charge in [-0.3, -0.25) is 9.59 Å². The van der Waals surface area contributed by atoms with Crippen molar-refractivity contribution < 1.29 is 14.7 Å². The van der Waals surface area contributed by atoms with Crippen LogP contribution in [0.3, 0.4) is 0 Å². The summed E-state index contributed by atoms with van der Waals surface area (Å²) < 4.78 is 0. The minimum atomic E-state index is -0.433. The van der Waals surface area contributed by atoms with Crippen LogP contribution >= 0.6 is 0 Å². The maximum Gasteiger partial charge on any atom is 0.227 e. The van der Waals surface area contributed by atoms with E-state index >= 15 is 0 Å². The molecule has 0 aliphatic carbocycles. The molecule has 1 heterocycles. The van der Waals surface area contributed by atoms with Crippen LogP contribution in [-0.4, -0.2) is 30.1 Å². The fraction of sp³-hybridized carbons (Fsp3) is 0.385. The molecule has 1 saturated heterocycles. The molecular weight excluding hydrogens is 232 g/mol. The average Bonchev–Trinajstić information content (AvgIpc) is 2.72. The lowest BCUT2D eigenvalue weighted by atomic mass is 10.1. The van der Waals surface area contributed by atoms with E-state index in [9.17, 15) is 9.59 Å². The van der Waals surface area contributed by atoms with Gasteiger partial charge in [-0.15, -0.1) is 0 Å². The van der Waals surface area contributed by atoms with E-state index in [1.165, 1.54) is 0 Å². The molecular formula is C13H16N2O3. The normalized spacial score (nSPS) is 19.3. The van der Waals surface area contributed by atoms with Crippen LogP contribution in [0.2, 0.25) is 0 Å². The SMILES string of the molecule is NC(=O)C1CC(=O)N(c2cccc(CCO)c2)C1. The smallest absolute Gasteiger partial charge is 0.227 e. The summed E-state index contributed by atoms with van der Waals surface area (Å²) in [6.07, 6.45) is 0.731. The Bertz CT molecular complexity index is 473. The summed E-state index contributed by atoms with van der Waals surface area (Å²) in [7, 11) is 0.